The van der Waals surface area contributed by atoms with Gasteiger partial charge in [0, 0.05) is 30.5 Å². The largest absolute Gasteiger partial charge is 0.393 e. The number of aromatic nitrogens is 2. The van der Waals surface area contributed by atoms with E-state index in [2.05, 4.69) is 16.0 Å². The molecule has 3 heterocycles. The lowest BCUT2D eigenvalue weighted by Gasteiger charge is -2.28. The molecule has 1 aliphatic carbocycles. The topological polar surface area (TPSA) is 58.5 Å². The summed E-state index contributed by atoms with van der Waals surface area (Å²) in [5, 5.41) is 10.3. The van der Waals surface area contributed by atoms with Crippen LogP contribution in [-0.2, 0) is 11.2 Å². The molecule has 6 heteroatoms. The van der Waals surface area contributed by atoms with Crippen LogP contribution in [0, 0.1) is 5.92 Å². The van der Waals surface area contributed by atoms with Crippen molar-refractivity contribution in [2.75, 3.05) is 31.2 Å². The summed E-state index contributed by atoms with van der Waals surface area (Å²) < 4.78 is 5.44. The summed E-state index contributed by atoms with van der Waals surface area (Å²) in [6.07, 6.45) is 6.47. The van der Waals surface area contributed by atoms with Crippen LogP contribution >= 0.6 is 11.6 Å². The Morgan fingerprint density at radius 3 is 2.70 bits per heavy atom. The van der Waals surface area contributed by atoms with Crippen molar-refractivity contribution in [3.05, 3.63) is 41.2 Å². The molecule has 0 spiro atoms. The fraction of sp³-hybridized carbons (Fsp3) is 0.524. The first kappa shape index (κ1) is 18.7. The molecule has 27 heavy (non-hydrogen) atoms. The normalized spacial score (nSPS) is 23.4. The summed E-state index contributed by atoms with van der Waals surface area (Å²) in [4.78, 5) is 11.6. The van der Waals surface area contributed by atoms with Crippen LogP contribution in [0.2, 0.25) is 5.02 Å². The smallest absolute Gasteiger partial charge is 0.129 e. The molecule has 0 radical (unpaired) electrons. The summed E-state index contributed by atoms with van der Waals surface area (Å²) in [5.41, 5.74) is 2.87. The Hall–Kier alpha value is -1.69. The van der Waals surface area contributed by atoms with Gasteiger partial charge in [0.05, 0.1) is 30.0 Å². The minimum atomic E-state index is -0.123. The van der Waals surface area contributed by atoms with E-state index in [-0.39, 0.29) is 6.10 Å². The van der Waals surface area contributed by atoms with E-state index in [0.29, 0.717) is 10.9 Å². The molecular weight excluding hydrogens is 362 g/mol. The van der Waals surface area contributed by atoms with Crippen molar-refractivity contribution in [1.29, 1.82) is 0 Å². The quantitative estimate of drug-likeness (QED) is 0.866. The molecule has 0 amide bonds. The molecule has 5 nitrogen and oxygen atoms in total. The first-order valence-electron chi connectivity index (χ1n) is 9.81. The fourth-order valence-electron chi connectivity index (χ4n) is 3.98. The number of anilines is 1. The van der Waals surface area contributed by atoms with Gasteiger partial charge in [-0.1, -0.05) is 17.7 Å². The van der Waals surface area contributed by atoms with Crippen molar-refractivity contribution in [3.8, 4) is 11.3 Å². The maximum absolute atomic E-state index is 9.70. The lowest BCUT2D eigenvalue weighted by Crippen LogP contribution is -2.36. The number of morpholine rings is 1. The molecule has 0 atom stereocenters. The molecule has 1 aliphatic heterocycles. The van der Waals surface area contributed by atoms with Gasteiger partial charge >= 0.3 is 0 Å². The summed E-state index contributed by atoms with van der Waals surface area (Å²) in [5.74, 6) is 1.55. The van der Waals surface area contributed by atoms with E-state index in [1.807, 2.05) is 18.2 Å². The van der Waals surface area contributed by atoms with Crippen LogP contribution < -0.4 is 4.90 Å². The number of rotatable bonds is 4. The first-order valence-corrected chi connectivity index (χ1v) is 10.2. The van der Waals surface area contributed by atoms with Crippen molar-refractivity contribution >= 4 is 17.4 Å². The zero-order valence-corrected chi connectivity index (χ0v) is 16.2. The van der Waals surface area contributed by atoms with Gasteiger partial charge < -0.3 is 14.7 Å². The Kier molecular flexibility index (Phi) is 5.91. The van der Waals surface area contributed by atoms with Crippen LogP contribution in [0.15, 0.2) is 30.5 Å². The maximum atomic E-state index is 9.70. The van der Waals surface area contributed by atoms with Crippen LogP contribution in [-0.4, -0.2) is 47.5 Å². The van der Waals surface area contributed by atoms with Gasteiger partial charge in [-0.05, 0) is 56.2 Å². The summed E-state index contributed by atoms with van der Waals surface area (Å²) in [7, 11) is 0. The molecule has 0 aromatic carbocycles. The zero-order valence-electron chi connectivity index (χ0n) is 15.5. The number of pyridine rings is 2. The van der Waals surface area contributed by atoms with Crippen LogP contribution in [0.1, 0.15) is 31.4 Å². The summed E-state index contributed by atoms with van der Waals surface area (Å²) in [6, 6.07) is 8.16. The van der Waals surface area contributed by atoms with E-state index in [4.69, 9.17) is 21.3 Å². The lowest BCUT2D eigenvalue weighted by atomic mass is 9.84. The number of hydrogen-bond acceptors (Lipinski definition) is 5. The molecule has 0 bridgehead atoms. The Morgan fingerprint density at radius 2 is 1.93 bits per heavy atom. The number of nitrogens with zero attached hydrogens (tertiary/aromatic N) is 3. The second kappa shape index (κ2) is 8.55. The third kappa shape index (κ3) is 4.60. The Balaban J connectivity index is 1.54. The molecule has 1 saturated carbocycles. The predicted molar refractivity (Wildman–Crippen MR) is 107 cm³/mol. The Labute approximate surface area is 165 Å². The molecule has 144 valence electrons. The molecule has 2 aromatic heterocycles. The lowest BCUT2D eigenvalue weighted by molar-refractivity contribution is 0.108. The number of halogens is 1. The molecule has 2 aromatic rings. The molecule has 1 saturated heterocycles. The maximum Gasteiger partial charge on any atom is 0.129 e. The van der Waals surface area contributed by atoms with E-state index in [9.17, 15) is 5.11 Å². The highest BCUT2D eigenvalue weighted by molar-refractivity contribution is 6.33. The van der Waals surface area contributed by atoms with Crippen LogP contribution in [0.25, 0.3) is 11.3 Å². The highest BCUT2D eigenvalue weighted by Crippen LogP contribution is 2.31. The Morgan fingerprint density at radius 1 is 1.15 bits per heavy atom. The van der Waals surface area contributed by atoms with Crippen molar-refractivity contribution in [2.24, 2.45) is 5.92 Å². The van der Waals surface area contributed by atoms with E-state index >= 15 is 0 Å². The second-order valence-electron chi connectivity index (χ2n) is 7.51. The average Bonchev–Trinajstić information content (AvgIpc) is 2.72. The summed E-state index contributed by atoms with van der Waals surface area (Å²) in [6.45, 7) is 3.20. The van der Waals surface area contributed by atoms with Gasteiger partial charge in [0.15, 0.2) is 0 Å². The first-order chi connectivity index (χ1) is 13.2. The minimum Gasteiger partial charge on any atom is -0.393 e. The van der Waals surface area contributed by atoms with E-state index in [1.54, 1.807) is 6.20 Å². The van der Waals surface area contributed by atoms with E-state index in [1.165, 1.54) is 0 Å². The molecule has 1 N–H and O–H groups in total. The van der Waals surface area contributed by atoms with Crippen LogP contribution in [0.4, 0.5) is 5.82 Å². The van der Waals surface area contributed by atoms with Gasteiger partial charge in [-0.25, -0.2) is 4.98 Å². The van der Waals surface area contributed by atoms with Crippen LogP contribution in [0.3, 0.4) is 0 Å². The number of aliphatic hydroxyl groups is 1. The highest BCUT2D eigenvalue weighted by Gasteiger charge is 2.21. The van der Waals surface area contributed by atoms with Gasteiger partial charge in [-0.15, -0.1) is 0 Å². The molecule has 2 aliphatic rings. The molecule has 4 rings (SSSR count). The third-order valence-electron chi connectivity index (χ3n) is 5.57. The zero-order chi connectivity index (χ0) is 18.6. The van der Waals surface area contributed by atoms with Crippen LogP contribution in [0.5, 0.6) is 0 Å². The van der Waals surface area contributed by atoms with Crippen molar-refractivity contribution in [1.82, 2.24) is 9.97 Å². The van der Waals surface area contributed by atoms with Crippen molar-refractivity contribution in [3.63, 3.8) is 0 Å². The molecule has 2 fully saturated rings. The van der Waals surface area contributed by atoms with Gasteiger partial charge in [0.25, 0.3) is 0 Å². The van der Waals surface area contributed by atoms with E-state index < -0.39 is 0 Å². The second-order valence-corrected chi connectivity index (χ2v) is 7.92. The number of ether oxygens (including phenoxy) is 1. The van der Waals surface area contributed by atoms with Gasteiger partial charge in [0.2, 0.25) is 0 Å². The average molecular weight is 388 g/mol. The van der Waals surface area contributed by atoms with E-state index in [0.717, 1.165) is 81.2 Å². The fourth-order valence-corrected chi connectivity index (χ4v) is 4.18. The highest BCUT2D eigenvalue weighted by atomic mass is 35.5. The standard InChI is InChI=1S/C21H26ClN3O2/c22-19-14-23-16(12-15-4-6-17(26)7-5-15)13-18(19)20-2-1-3-21(24-20)25-8-10-27-11-9-25/h1-3,13-15,17,26H,4-12H2. The van der Waals surface area contributed by atoms with Gasteiger partial charge in [-0.3, -0.25) is 4.98 Å². The predicted octanol–water partition coefficient (Wildman–Crippen LogP) is 3.73. The number of aliphatic hydroxyl groups excluding tert-OH is 1. The number of hydrogen-bond donors (Lipinski definition) is 1. The third-order valence-corrected chi connectivity index (χ3v) is 5.87. The molecule has 0 unspecified atom stereocenters. The van der Waals surface area contributed by atoms with Crippen molar-refractivity contribution < 1.29 is 9.84 Å². The minimum absolute atomic E-state index is 0.123. The van der Waals surface area contributed by atoms with Gasteiger partial charge in [0.1, 0.15) is 5.82 Å². The summed E-state index contributed by atoms with van der Waals surface area (Å²) >= 11 is 6.46. The Bertz CT molecular complexity index is 772. The molecular formula is C21H26ClN3O2. The van der Waals surface area contributed by atoms with Crippen molar-refractivity contribution in [2.45, 2.75) is 38.2 Å². The van der Waals surface area contributed by atoms with Gasteiger partial charge in [-0.2, -0.15) is 0 Å². The monoisotopic (exact) mass is 387 g/mol. The SMILES string of the molecule is OC1CCC(Cc2cc(-c3cccc(N4CCOCC4)n3)c(Cl)cn2)CC1.